The Labute approximate surface area is 166 Å². The van der Waals surface area contributed by atoms with Gasteiger partial charge in [-0.25, -0.2) is 0 Å². The summed E-state index contributed by atoms with van der Waals surface area (Å²) in [5, 5.41) is 21.7. The summed E-state index contributed by atoms with van der Waals surface area (Å²) < 4.78 is 6.16. The molecule has 0 spiro atoms. The number of aryl methyl sites for hydroxylation is 1. The maximum absolute atomic E-state index is 12.0. The molecule has 0 saturated carbocycles. The minimum absolute atomic E-state index is 0.356. The van der Waals surface area contributed by atoms with Crippen LogP contribution in [-0.2, 0) is 4.79 Å². The molecule has 0 bridgehead atoms. The molecule has 0 aliphatic heterocycles. The van der Waals surface area contributed by atoms with Crippen molar-refractivity contribution in [3.05, 3.63) is 72.2 Å². The largest absolute Gasteiger partial charge is 0.484 e. The number of carbonyl (C=O) groups is 2. The van der Waals surface area contributed by atoms with Crippen LogP contribution < -0.4 is 15.6 Å². The van der Waals surface area contributed by atoms with Crippen molar-refractivity contribution in [2.75, 3.05) is 6.61 Å². The third-order valence-electron chi connectivity index (χ3n) is 3.40. The first kappa shape index (κ1) is 20.8. The van der Waals surface area contributed by atoms with E-state index in [-0.39, 0.29) is 5.56 Å². The van der Waals surface area contributed by atoms with Crippen LogP contribution >= 0.6 is 15.9 Å². The lowest BCUT2D eigenvalue weighted by Crippen LogP contribution is -2.43. The quantitative estimate of drug-likeness (QED) is 0.503. The predicted octanol–water partition coefficient (Wildman–Crippen LogP) is 2.41. The highest BCUT2D eigenvalue weighted by atomic mass is 79.9. The molecule has 0 heterocycles. The number of non-ortho nitro benzene ring substituents is 2. The number of ether oxygens (including phenoxy) is 1. The Bertz CT molecular complexity index is 932. The summed E-state index contributed by atoms with van der Waals surface area (Å²) in [5.74, 6) is -1.22. The van der Waals surface area contributed by atoms with Gasteiger partial charge in [0, 0.05) is 16.6 Å². The summed E-state index contributed by atoms with van der Waals surface area (Å²) in [4.78, 5) is 43.8. The van der Waals surface area contributed by atoms with Gasteiger partial charge in [0.2, 0.25) is 0 Å². The Morgan fingerprint density at radius 3 is 2.18 bits per heavy atom. The van der Waals surface area contributed by atoms with Gasteiger partial charge < -0.3 is 4.74 Å². The zero-order valence-electron chi connectivity index (χ0n) is 14.3. The van der Waals surface area contributed by atoms with Crippen molar-refractivity contribution in [2.24, 2.45) is 0 Å². The number of benzene rings is 2. The molecule has 0 atom stereocenters. The number of carbonyl (C=O) groups excluding carboxylic acids is 2. The molecule has 0 fully saturated rings. The molecule has 11 nitrogen and oxygen atoms in total. The number of nitrogens with one attached hydrogen (secondary N) is 2. The average molecular weight is 453 g/mol. The minimum atomic E-state index is -0.959. The number of hydrogen-bond donors (Lipinski definition) is 2. The third kappa shape index (κ3) is 5.48. The SMILES string of the molecule is Cc1cc(OCC(=O)NNC(=O)c2cc([N+](=O)[O-])cc([N+](=O)[O-])c2)ccc1Br. The highest BCUT2D eigenvalue weighted by Gasteiger charge is 2.20. The van der Waals surface area contributed by atoms with Crippen LogP contribution in [0.25, 0.3) is 0 Å². The molecule has 12 heteroatoms. The molecular formula is C16H13BrN4O7. The van der Waals surface area contributed by atoms with Gasteiger partial charge in [0.1, 0.15) is 5.75 Å². The fourth-order valence-electron chi connectivity index (χ4n) is 2.03. The molecule has 0 saturated heterocycles. The van der Waals surface area contributed by atoms with Crippen molar-refractivity contribution in [3.63, 3.8) is 0 Å². The van der Waals surface area contributed by atoms with Crippen molar-refractivity contribution in [3.8, 4) is 5.75 Å². The maximum atomic E-state index is 12.0. The van der Waals surface area contributed by atoms with Crippen LogP contribution in [0.4, 0.5) is 11.4 Å². The second kappa shape index (κ2) is 8.90. The number of rotatable bonds is 6. The van der Waals surface area contributed by atoms with E-state index in [2.05, 4.69) is 21.4 Å². The van der Waals surface area contributed by atoms with Gasteiger partial charge in [-0.05, 0) is 30.7 Å². The lowest BCUT2D eigenvalue weighted by molar-refractivity contribution is -0.394. The van der Waals surface area contributed by atoms with E-state index in [0.29, 0.717) is 5.75 Å². The van der Waals surface area contributed by atoms with Gasteiger partial charge in [-0.15, -0.1) is 0 Å². The fraction of sp³-hybridized carbons (Fsp3) is 0.125. The molecule has 2 aromatic rings. The number of hydrogen-bond acceptors (Lipinski definition) is 7. The van der Waals surface area contributed by atoms with Crippen LogP contribution in [0.3, 0.4) is 0 Å². The summed E-state index contributed by atoms with van der Waals surface area (Å²) in [6.07, 6.45) is 0. The number of halogens is 1. The van der Waals surface area contributed by atoms with Gasteiger partial charge in [-0.3, -0.25) is 40.7 Å². The van der Waals surface area contributed by atoms with E-state index in [1.54, 1.807) is 18.2 Å². The van der Waals surface area contributed by atoms with E-state index in [1.165, 1.54) is 0 Å². The zero-order valence-corrected chi connectivity index (χ0v) is 15.9. The van der Waals surface area contributed by atoms with E-state index >= 15 is 0 Å². The lowest BCUT2D eigenvalue weighted by Gasteiger charge is -2.09. The van der Waals surface area contributed by atoms with Gasteiger partial charge in [0.05, 0.1) is 21.5 Å². The number of amides is 2. The van der Waals surface area contributed by atoms with Gasteiger partial charge in [0.15, 0.2) is 6.61 Å². The summed E-state index contributed by atoms with van der Waals surface area (Å²) in [6.45, 7) is 1.44. The molecule has 0 aliphatic carbocycles. The Hall–Kier alpha value is -3.54. The Balaban J connectivity index is 1.97. The van der Waals surface area contributed by atoms with E-state index in [9.17, 15) is 29.8 Å². The maximum Gasteiger partial charge on any atom is 0.277 e. The van der Waals surface area contributed by atoms with Crippen molar-refractivity contribution in [1.29, 1.82) is 0 Å². The molecule has 2 amide bonds. The van der Waals surface area contributed by atoms with Gasteiger partial charge in [-0.2, -0.15) is 0 Å². The lowest BCUT2D eigenvalue weighted by atomic mass is 10.1. The molecule has 0 aromatic heterocycles. The van der Waals surface area contributed by atoms with E-state index < -0.39 is 39.6 Å². The number of nitro groups is 2. The van der Waals surface area contributed by atoms with Crippen molar-refractivity contribution in [1.82, 2.24) is 10.9 Å². The van der Waals surface area contributed by atoms with E-state index in [1.807, 2.05) is 12.3 Å². The molecule has 2 aromatic carbocycles. The number of nitrogens with zero attached hydrogens (tertiary/aromatic N) is 2. The van der Waals surface area contributed by atoms with Crippen molar-refractivity contribution in [2.45, 2.75) is 6.92 Å². The monoisotopic (exact) mass is 452 g/mol. The van der Waals surface area contributed by atoms with Gasteiger partial charge >= 0.3 is 0 Å². The minimum Gasteiger partial charge on any atom is -0.484 e. The van der Waals surface area contributed by atoms with Crippen LogP contribution in [0.1, 0.15) is 15.9 Å². The highest BCUT2D eigenvalue weighted by molar-refractivity contribution is 9.10. The van der Waals surface area contributed by atoms with E-state index in [4.69, 9.17) is 4.74 Å². The van der Waals surface area contributed by atoms with Crippen LogP contribution in [0.15, 0.2) is 40.9 Å². The molecule has 2 N–H and O–H groups in total. The molecule has 2 rings (SSSR count). The standard InChI is InChI=1S/C16H13BrN4O7/c1-9-4-13(2-3-14(9)17)28-8-15(22)18-19-16(23)10-5-11(20(24)25)7-12(6-10)21(26)27/h2-7H,8H2,1H3,(H,18,22)(H,19,23). The second-order valence-corrected chi connectivity index (χ2v) is 6.31. The van der Waals surface area contributed by atoms with Crippen LogP contribution in [0.2, 0.25) is 0 Å². The summed E-state index contributed by atoms with van der Waals surface area (Å²) in [7, 11) is 0. The Morgan fingerprint density at radius 1 is 1.04 bits per heavy atom. The smallest absolute Gasteiger partial charge is 0.277 e. The van der Waals surface area contributed by atoms with Crippen molar-refractivity contribution < 1.29 is 24.2 Å². The molecule has 0 unspecified atom stereocenters. The number of nitro benzene ring substituents is 2. The summed E-state index contributed by atoms with van der Waals surface area (Å²) >= 11 is 3.33. The normalized spacial score (nSPS) is 10.1. The zero-order chi connectivity index (χ0) is 20.8. The predicted molar refractivity (Wildman–Crippen MR) is 99.7 cm³/mol. The second-order valence-electron chi connectivity index (χ2n) is 5.45. The fourth-order valence-corrected chi connectivity index (χ4v) is 2.27. The first-order valence-corrected chi connectivity index (χ1v) is 8.38. The molecule has 0 radical (unpaired) electrons. The van der Waals surface area contributed by atoms with Crippen LogP contribution in [-0.4, -0.2) is 28.3 Å². The first-order valence-electron chi connectivity index (χ1n) is 7.59. The van der Waals surface area contributed by atoms with Gasteiger partial charge in [-0.1, -0.05) is 15.9 Å². The van der Waals surface area contributed by atoms with Crippen LogP contribution in [0.5, 0.6) is 5.75 Å². The molecular weight excluding hydrogens is 440 g/mol. The average Bonchev–Trinajstić information content (AvgIpc) is 2.66. The van der Waals surface area contributed by atoms with E-state index in [0.717, 1.165) is 28.2 Å². The third-order valence-corrected chi connectivity index (χ3v) is 4.29. The highest BCUT2D eigenvalue weighted by Crippen LogP contribution is 2.23. The molecule has 146 valence electrons. The molecule has 0 aliphatic rings. The Kier molecular flexibility index (Phi) is 6.60. The van der Waals surface area contributed by atoms with Crippen LogP contribution in [0, 0.1) is 27.2 Å². The summed E-state index contributed by atoms with van der Waals surface area (Å²) in [5.41, 5.74) is 3.37. The van der Waals surface area contributed by atoms with Crippen molar-refractivity contribution >= 4 is 39.1 Å². The number of hydrazine groups is 1. The topological polar surface area (TPSA) is 154 Å². The molecule has 28 heavy (non-hydrogen) atoms. The van der Waals surface area contributed by atoms with Gasteiger partial charge in [0.25, 0.3) is 23.2 Å². The Morgan fingerprint density at radius 2 is 1.64 bits per heavy atom. The summed E-state index contributed by atoms with van der Waals surface area (Å²) in [6, 6.07) is 7.54. The first-order chi connectivity index (χ1) is 13.2.